The van der Waals surface area contributed by atoms with Crippen molar-refractivity contribution in [2.24, 2.45) is 10.9 Å². The van der Waals surface area contributed by atoms with E-state index in [1.807, 2.05) is 6.92 Å². The zero-order valence-corrected chi connectivity index (χ0v) is 13.6. The summed E-state index contributed by atoms with van der Waals surface area (Å²) in [4.78, 5) is 15.7. The predicted molar refractivity (Wildman–Crippen MR) is 85.6 cm³/mol. The van der Waals surface area contributed by atoms with Gasteiger partial charge in [0, 0.05) is 20.1 Å². The summed E-state index contributed by atoms with van der Waals surface area (Å²) in [7, 11) is 1.76. The van der Waals surface area contributed by atoms with E-state index < -0.39 is 0 Å². The molecule has 6 nitrogen and oxygen atoms in total. The summed E-state index contributed by atoms with van der Waals surface area (Å²) in [5.41, 5.74) is 0. The van der Waals surface area contributed by atoms with E-state index in [1.54, 1.807) is 7.05 Å². The number of nitrogens with one attached hydrogen (secondary N) is 3. The summed E-state index contributed by atoms with van der Waals surface area (Å²) in [6.07, 6.45) is 5.58. The molecule has 21 heavy (non-hydrogen) atoms. The molecular weight excluding hydrogens is 268 g/mol. The van der Waals surface area contributed by atoms with Crippen LogP contribution in [-0.4, -0.2) is 44.8 Å². The monoisotopic (exact) mass is 298 g/mol. The summed E-state index contributed by atoms with van der Waals surface area (Å²) in [6.45, 7) is 6.00. The first-order chi connectivity index (χ1) is 10.2. The third kappa shape index (κ3) is 7.78. The summed E-state index contributed by atoms with van der Waals surface area (Å²) < 4.78 is 4.95. The molecule has 1 rings (SSSR count). The maximum atomic E-state index is 11.5. The second kappa shape index (κ2) is 10.3. The molecule has 1 aliphatic carbocycles. The lowest BCUT2D eigenvalue weighted by atomic mass is 10.2. The number of nitrogens with zero attached hydrogens (tertiary/aromatic N) is 1. The highest BCUT2D eigenvalue weighted by atomic mass is 16.5. The molecule has 0 aliphatic heterocycles. The van der Waals surface area contributed by atoms with Crippen LogP contribution in [0.4, 0.5) is 4.79 Å². The fourth-order valence-electron chi connectivity index (χ4n) is 2.17. The van der Waals surface area contributed by atoms with Crippen molar-refractivity contribution in [1.82, 2.24) is 16.0 Å². The van der Waals surface area contributed by atoms with Crippen LogP contribution in [-0.2, 0) is 4.74 Å². The van der Waals surface area contributed by atoms with E-state index in [0.717, 1.165) is 18.9 Å². The Kier molecular flexibility index (Phi) is 8.62. The van der Waals surface area contributed by atoms with E-state index in [1.165, 1.54) is 25.7 Å². The molecule has 1 amide bonds. The maximum absolute atomic E-state index is 11.5. The number of ether oxygens (including phenoxy) is 1. The van der Waals surface area contributed by atoms with Crippen molar-refractivity contribution in [3.05, 3.63) is 0 Å². The fraction of sp³-hybridized carbons (Fsp3) is 0.867. The smallest absolute Gasteiger partial charge is 0.407 e. The van der Waals surface area contributed by atoms with Gasteiger partial charge in [0.2, 0.25) is 0 Å². The number of hydrogen-bond acceptors (Lipinski definition) is 3. The highest BCUT2D eigenvalue weighted by Gasteiger charge is 2.32. The lowest BCUT2D eigenvalue weighted by Gasteiger charge is -2.20. The number of amides is 1. The van der Waals surface area contributed by atoms with Crippen molar-refractivity contribution in [2.45, 2.75) is 52.0 Å². The first-order valence-corrected chi connectivity index (χ1v) is 8.09. The van der Waals surface area contributed by atoms with Gasteiger partial charge in [0.15, 0.2) is 5.96 Å². The van der Waals surface area contributed by atoms with Gasteiger partial charge in [-0.1, -0.05) is 19.8 Å². The summed E-state index contributed by atoms with van der Waals surface area (Å²) >= 11 is 0. The van der Waals surface area contributed by atoms with Crippen LogP contribution in [0, 0.1) is 5.92 Å². The highest BCUT2D eigenvalue weighted by Crippen LogP contribution is 2.32. The third-order valence-corrected chi connectivity index (χ3v) is 3.56. The summed E-state index contributed by atoms with van der Waals surface area (Å²) in [5.74, 6) is 1.35. The van der Waals surface area contributed by atoms with E-state index in [0.29, 0.717) is 19.1 Å². The number of rotatable bonds is 9. The molecule has 1 saturated carbocycles. The van der Waals surface area contributed by atoms with Gasteiger partial charge in [-0.05, 0) is 32.1 Å². The molecule has 1 atom stereocenters. The SMILES string of the molecule is CCCCCNC(=NC)NCC(NC(=O)OCC)C1CC1. The molecule has 6 heteroatoms. The molecule has 1 unspecified atom stereocenters. The predicted octanol–water partition coefficient (Wildman–Crippen LogP) is 1.87. The van der Waals surface area contributed by atoms with Crippen LogP contribution in [0.15, 0.2) is 4.99 Å². The molecule has 1 aliphatic rings. The summed E-state index contributed by atoms with van der Waals surface area (Å²) in [6, 6.07) is 0.109. The van der Waals surface area contributed by atoms with E-state index in [9.17, 15) is 4.79 Å². The lowest BCUT2D eigenvalue weighted by molar-refractivity contribution is 0.146. The van der Waals surface area contributed by atoms with Crippen LogP contribution in [0.2, 0.25) is 0 Å². The van der Waals surface area contributed by atoms with Crippen LogP contribution in [0.1, 0.15) is 46.0 Å². The Balaban J connectivity index is 2.28. The molecule has 0 aromatic heterocycles. The second-order valence-electron chi connectivity index (χ2n) is 5.40. The van der Waals surface area contributed by atoms with Gasteiger partial charge in [-0.2, -0.15) is 0 Å². The van der Waals surface area contributed by atoms with Gasteiger partial charge in [0.05, 0.1) is 12.6 Å². The number of unbranched alkanes of at least 4 members (excludes halogenated alkanes) is 2. The minimum absolute atomic E-state index is 0.109. The standard InChI is InChI=1S/C15H30N4O2/c1-4-6-7-10-17-14(16-3)18-11-13(12-8-9-12)19-15(20)21-5-2/h12-13H,4-11H2,1-3H3,(H,19,20)(H2,16,17,18). The number of aliphatic imine (C=N–C) groups is 1. The van der Waals surface area contributed by atoms with Crippen LogP contribution < -0.4 is 16.0 Å². The first kappa shape index (κ1) is 17.6. The molecule has 0 spiro atoms. The Morgan fingerprint density at radius 1 is 1.29 bits per heavy atom. The zero-order chi connectivity index (χ0) is 15.5. The summed E-state index contributed by atoms with van der Waals surface area (Å²) in [5, 5.41) is 9.51. The number of alkyl carbamates (subject to hydrolysis) is 1. The van der Waals surface area contributed by atoms with Crippen molar-refractivity contribution in [1.29, 1.82) is 0 Å². The Morgan fingerprint density at radius 2 is 2.05 bits per heavy atom. The van der Waals surface area contributed by atoms with E-state index >= 15 is 0 Å². The first-order valence-electron chi connectivity index (χ1n) is 8.09. The highest BCUT2D eigenvalue weighted by molar-refractivity contribution is 5.79. The van der Waals surface area contributed by atoms with Crippen LogP contribution in [0.25, 0.3) is 0 Å². The minimum Gasteiger partial charge on any atom is -0.450 e. The Labute approximate surface area is 128 Å². The van der Waals surface area contributed by atoms with Crippen molar-refractivity contribution >= 4 is 12.1 Å². The van der Waals surface area contributed by atoms with E-state index in [4.69, 9.17) is 4.74 Å². The maximum Gasteiger partial charge on any atom is 0.407 e. The molecule has 3 N–H and O–H groups in total. The second-order valence-corrected chi connectivity index (χ2v) is 5.40. The van der Waals surface area contributed by atoms with Crippen LogP contribution in [0.5, 0.6) is 0 Å². The molecule has 0 aromatic rings. The number of hydrogen-bond donors (Lipinski definition) is 3. The quantitative estimate of drug-likeness (QED) is 0.345. The normalized spacial score (nSPS) is 16.2. The van der Waals surface area contributed by atoms with Gasteiger partial charge < -0.3 is 20.7 Å². The van der Waals surface area contributed by atoms with Gasteiger partial charge in [0.25, 0.3) is 0 Å². The molecule has 0 saturated heterocycles. The zero-order valence-electron chi connectivity index (χ0n) is 13.6. The molecule has 122 valence electrons. The Bertz CT molecular complexity index is 330. The number of carbonyl (C=O) groups excluding carboxylic acids is 1. The molecule has 0 bridgehead atoms. The Morgan fingerprint density at radius 3 is 2.62 bits per heavy atom. The molecule has 0 radical (unpaired) electrons. The molecule has 0 heterocycles. The van der Waals surface area contributed by atoms with E-state index in [-0.39, 0.29) is 12.1 Å². The van der Waals surface area contributed by atoms with Gasteiger partial charge in [0.1, 0.15) is 0 Å². The third-order valence-electron chi connectivity index (χ3n) is 3.56. The lowest BCUT2D eigenvalue weighted by Crippen LogP contribution is -2.48. The number of carbonyl (C=O) groups is 1. The fourth-order valence-corrected chi connectivity index (χ4v) is 2.17. The minimum atomic E-state index is -0.331. The van der Waals surface area contributed by atoms with Gasteiger partial charge in [-0.15, -0.1) is 0 Å². The number of guanidine groups is 1. The Hall–Kier alpha value is -1.46. The topological polar surface area (TPSA) is 74.8 Å². The largest absolute Gasteiger partial charge is 0.450 e. The van der Waals surface area contributed by atoms with Crippen LogP contribution >= 0.6 is 0 Å². The van der Waals surface area contributed by atoms with E-state index in [2.05, 4.69) is 27.9 Å². The molecular formula is C15H30N4O2. The molecule has 0 aromatic carbocycles. The van der Waals surface area contributed by atoms with Crippen molar-refractivity contribution in [3.8, 4) is 0 Å². The van der Waals surface area contributed by atoms with Gasteiger partial charge >= 0.3 is 6.09 Å². The molecule has 1 fully saturated rings. The van der Waals surface area contributed by atoms with Crippen LogP contribution in [0.3, 0.4) is 0 Å². The average molecular weight is 298 g/mol. The van der Waals surface area contributed by atoms with Crippen molar-refractivity contribution in [3.63, 3.8) is 0 Å². The van der Waals surface area contributed by atoms with Crippen molar-refractivity contribution in [2.75, 3.05) is 26.7 Å². The van der Waals surface area contributed by atoms with Gasteiger partial charge in [-0.3, -0.25) is 4.99 Å². The van der Waals surface area contributed by atoms with Gasteiger partial charge in [-0.25, -0.2) is 4.79 Å². The average Bonchev–Trinajstić information content (AvgIpc) is 3.30. The van der Waals surface area contributed by atoms with Crippen molar-refractivity contribution < 1.29 is 9.53 Å².